The van der Waals surface area contributed by atoms with Crippen LogP contribution >= 0.6 is 11.6 Å². The number of carbonyl (C=O) groups is 1. The Morgan fingerprint density at radius 2 is 1.88 bits per heavy atom. The van der Waals surface area contributed by atoms with Crippen molar-refractivity contribution in [3.05, 3.63) is 95.3 Å². The van der Waals surface area contributed by atoms with E-state index in [1.807, 2.05) is 42.7 Å². The van der Waals surface area contributed by atoms with Gasteiger partial charge in [-0.2, -0.15) is 10.4 Å². The van der Waals surface area contributed by atoms with E-state index in [0.29, 0.717) is 33.5 Å². The molecule has 2 fully saturated rings. The van der Waals surface area contributed by atoms with Gasteiger partial charge < -0.3 is 15.3 Å². The van der Waals surface area contributed by atoms with Gasteiger partial charge in [0.15, 0.2) is 0 Å². The van der Waals surface area contributed by atoms with Crippen LogP contribution in [-0.2, 0) is 5.60 Å². The molecule has 5 aromatic rings. The van der Waals surface area contributed by atoms with Crippen molar-refractivity contribution in [2.75, 3.05) is 18.0 Å². The van der Waals surface area contributed by atoms with Gasteiger partial charge in [-0.25, -0.2) is 14.5 Å². The molecule has 2 aliphatic rings. The highest BCUT2D eigenvalue weighted by molar-refractivity contribution is 6.33. The number of halogens is 1. The van der Waals surface area contributed by atoms with Crippen LogP contribution in [0.1, 0.15) is 35.5 Å². The molecule has 0 bridgehead atoms. The molecular formula is C32H27ClN8O2. The highest BCUT2D eigenvalue weighted by Crippen LogP contribution is 2.47. The van der Waals surface area contributed by atoms with Crippen LogP contribution in [0.25, 0.3) is 27.9 Å². The second-order valence-electron chi connectivity index (χ2n) is 11.6. The first-order valence-electron chi connectivity index (χ1n) is 13.9. The highest BCUT2D eigenvalue weighted by Gasteiger charge is 2.56. The monoisotopic (exact) mass is 590 g/mol. The number of amides is 1. The lowest BCUT2D eigenvalue weighted by molar-refractivity contribution is 0.0782. The van der Waals surface area contributed by atoms with Crippen LogP contribution in [-0.4, -0.2) is 54.7 Å². The molecule has 10 nitrogen and oxygen atoms in total. The Hall–Kier alpha value is -4.85. The Labute approximate surface area is 252 Å². The summed E-state index contributed by atoms with van der Waals surface area (Å²) in [5, 5.41) is 27.9. The van der Waals surface area contributed by atoms with Crippen molar-refractivity contribution in [2.45, 2.75) is 25.5 Å². The molecule has 43 heavy (non-hydrogen) atoms. The molecule has 1 aliphatic heterocycles. The lowest BCUT2D eigenvalue weighted by Crippen LogP contribution is -2.35. The summed E-state index contributed by atoms with van der Waals surface area (Å²) in [5.74, 6) is 1.32. The van der Waals surface area contributed by atoms with E-state index >= 15 is 0 Å². The quantitative estimate of drug-likeness (QED) is 0.296. The van der Waals surface area contributed by atoms with Gasteiger partial charge in [0.25, 0.3) is 5.91 Å². The maximum Gasteiger partial charge on any atom is 0.271 e. The van der Waals surface area contributed by atoms with E-state index in [9.17, 15) is 15.2 Å². The molecule has 11 heteroatoms. The number of carbonyl (C=O) groups excluding carboxylic acids is 1. The fourth-order valence-electron chi connectivity index (χ4n) is 5.92. The molecule has 1 saturated carbocycles. The minimum Gasteiger partial charge on any atom is -0.386 e. The average Bonchev–Trinajstić information content (AvgIpc) is 3.32. The van der Waals surface area contributed by atoms with Crippen LogP contribution in [0, 0.1) is 23.2 Å². The van der Waals surface area contributed by atoms with Crippen molar-refractivity contribution >= 4 is 28.8 Å². The summed E-state index contributed by atoms with van der Waals surface area (Å²) in [5.41, 5.74) is 4.35. The SMILES string of the molecule is CC(C)(O)c1ccc(-c2cc(-c3ccc(N4CC5[C@@H](NC(=O)c6ncccc6Cl)[C@H]5C4)nc3)c3c(C#N)cnn3c2)nc1. The van der Waals surface area contributed by atoms with E-state index in [1.165, 1.54) is 0 Å². The fraction of sp³-hybridized carbons (Fsp3) is 0.250. The van der Waals surface area contributed by atoms with E-state index in [4.69, 9.17) is 16.6 Å². The summed E-state index contributed by atoms with van der Waals surface area (Å²) in [6, 6.07) is 15.4. The lowest BCUT2D eigenvalue weighted by atomic mass is 9.99. The number of nitriles is 1. The molecule has 0 aromatic carbocycles. The third kappa shape index (κ3) is 4.86. The van der Waals surface area contributed by atoms with Gasteiger partial charge in [0, 0.05) is 78.0 Å². The molecular weight excluding hydrogens is 564 g/mol. The Balaban J connectivity index is 1.11. The lowest BCUT2D eigenvalue weighted by Gasteiger charge is -2.21. The van der Waals surface area contributed by atoms with Gasteiger partial charge in [-0.3, -0.25) is 9.78 Å². The first kappa shape index (κ1) is 27.0. The molecule has 5 aromatic heterocycles. The number of hydrogen-bond acceptors (Lipinski definition) is 8. The number of aliphatic hydroxyl groups is 1. The van der Waals surface area contributed by atoms with Gasteiger partial charge in [0.1, 0.15) is 17.6 Å². The smallest absolute Gasteiger partial charge is 0.271 e. The summed E-state index contributed by atoms with van der Waals surface area (Å²) in [6.45, 7) is 5.04. The fourth-order valence-corrected chi connectivity index (χ4v) is 6.13. The summed E-state index contributed by atoms with van der Waals surface area (Å²) < 4.78 is 1.70. The minimum atomic E-state index is -0.990. The number of anilines is 1. The molecule has 3 atom stereocenters. The zero-order valence-electron chi connectivity index (χ0n) is 23.4. The maximum absolute atomic E-state index is 12.6. The number of aromatic nitrogens is 5. The molecule has 1 aliphatic carbocycles. The predicted molar refractivity (Wildman–Crippen MR) is 161 cm³/mol. The molecule has 214 valence electrons. The summed E-state index contributed by atoms with van der Waals surface area (Å²) in [6.07, 6.45) is 8.46. The number of pyridine rings is 4. The van der Waals surface area contributed by atoms with Crippen LogP contribution in [0.15, 0.2) is 73.4 Å². The number of piperidine rings is 1. The van der Waals surface area contributed by atoms with Crippen molar-refractivity contribution in [3.63, 3.8) is 0 Å². The van der Waals surface area contributed by atoms with Gasteiger partial charge in [0.2, 0.25) is 0 Å². The maximum atomic E-state index is 12.6. The molecule has 1 unspecified atom stereocenters. The van der Waals surface area contributed by atoms with Crippen LogP contribution in [0.5, 0.6) is 0 Å². The zero-order valence-corrected chi connectivity index (χ0v) is 24.2. The highest BCUT2D eigenvalue weighted by atomic mass is 35.5. The van der Waals surface area contributed by atoms with Crippen LogP contribution in [0.2, 0.25) is 5.02 Å². The van der Waals surface area contributed by atoms with Crippen LogP contribution < -0.4 is 10.2 Å². The number of nitrogens with one attached hydrogen (secondary N) is 1. The van der Waals surface area contributed by atoms with Crippen molar-refractivity contribution < 1.29 is 9.90 Å². The van der Waals surface area contributed by atoms with Crippen LogP contribution in [0.4, 0.5) is 5.82 Å². The van der Waals surface area contributed by atoms with Crippen molar-refractivity contribution in [2.24, 2.45) is 11.8 Å². The Morgan fingerprint density at radius 1 is 1.07 bits per heavy atom. The van der Waals surface area contributed by atoms with E-state index in [-0.39, 0.29) is 17.6 Å². The van der Waals surface area contributed by atoms with Crippen molar-refractivity contribution in [3.8, 4) is 28.5 Å². The topological polar surface area (TPSA) is 132 Å². The van der Waals surface area contributed by atoms with Crippen molar-refractivity contribution in [1.82, 2.24) is 29.9 Å². The normalized spacial score (nSPS) is 19.2. The second-order valence-corrected chi connectivity index (χ2v) is 12.0. The van der Waals surface area contributed by atoms with E-state index in [0.717, 1.165) is 41.3 Å². The van der Waals surface area contributed by atoms with E-state index < -0.39 is 5.60 Å². The third-order valence-corrected chi connectivity index (χ3v) is 8.65. The standard InChI is InChI=1S/C32H27ClN8O2/c1-32(2,43)21-6-7-26(36-14-21)19-10-22(30-20(11-34)13-38-41(30)15-19)18-5-8-27(37-12-18)40-16-23-24(17-40)28(23)39-31(42)29-25(33)4-3-9-35-29/h3-10,12-15,23-24,28,43H,16-17H2,1-2H3,(H,39,42)/t23-,24?,28-/m0/s1. The van der Waals surface area contributed by atoms with E-state index in [2.05, 4.69) is 31.4 Å². The zero-order chi connectivity index (χ0) is 29.9. The van der Waals surface area contributed by atoms with E-state index in [1.54, 1.807) is 49.1 Å². The number of rotatable bonds is 6. The Bertz CT molecular complexity index is 1900. The van der Waals surface area contributed by atoms with Gasteiger partial charge in [-0.15, -0.1) is 0 Å². The first-order valence-corrected chi connectivity index (χ1v) is 14.3. The van der Waals surface area contributed by atoms with Crippen LogP contribution in [0.3, 0.4) is 0 Å². The number of fused-ring (bicyclic) bond motifs is 2. The molecule has 0 spiro atoms. The largest absolute Gasteiger partial charge is 0.386 e. The Kier molecular flexibility index (Phi) is 6.38. The number of nitrogens with zero attached hydrogens (tertiary/aromatic N) is 7. The number of hydrogen-bond donors (Lipinski definition) is 2. The van der Waals surface area contributed by atoms with Gasteiger partial charge in [0.05, 0.1) is 33.6 Å². The molecule has 2 N–H and O–H groups in total. The van der Waals surface area contributed by atoms with Crippen molar-refractivity contribution in [1.29, 1.82) is 5.26 Å². The molecule has 0 radical (unpaired) electrons. The second kappa shape index (κ2) is 10.2. The molecule has 7 rings (SSSR count). The van der Waals surface area contributed by atoms with Gasteiger partial charge in [-0.1, -0.05) is 17.7 Å². The average molecular weight is 591 g/mol. The summed E-state index contributed by atoms with van der Waals surface area (Å²) >= 11 is 6.13. The van der Waals surface area contributed by atoms with Gasteiger partial charge >= 0.3 is 0 Å². The minimum absolute atomic E-state index is 0.106. The van der Waals surface area contributed by atoms with Gasteiger partial charge in [-0.05, 0) is 50.2 Å². The Morgan fingerprint density at radius 3 is 2.53 bits per heavy atom. The summed E-state index contributed by atoms with van der Waals surface area (Å²) in [7, 11) is 0. The first-order chi connectivity index (χ1) is 20.7. The molecule has 1 saturated heterocycles. The third-order valence-electron chi connectivity index (χ3n) is 8.35. The summed E-state index contributed by atoms with van der Waals surface area (Å²) in [4.78, 5) is 28.3. The predicted octanol–water partition coefficient (Wildman–Crippen LogP) is 4.47. The molecule has 6 heterocycles. The molecule has 1 amide bonds.